The number of aromatic nitrogens is 3. The van der Waals surface area contributed by atoms with Crippen LogP contribution < -0.4 is 0 Å². The molecule has 0 spiro atoms. The fourth-order valence-electron chi connectivity index (χ4n) is 7.51. The van der Waals surface area contributed by atoms with Crippen molar-refractivity contribution in [1.29, 1.82) is 0 Å². The normalized spacial score (nSPS) is 12.0. The van der Waals surface area contributed by atoms with Crippen molar-refractivity contribution in [2.24, 2.45) is 0 Å². The molecule has 9 aromatic rings. The van der Waals surface area contributed by atoms with Gasteiger partial charge in [-0.3, -0.25) is 0 Å². The summed E-state index contributed by atoms with van der Waals surface area (Å²) in [5.41, 5.74) is 10.7. The number of benzene rings is 8. The topological polar surface area (TPSA) is 38.7 Å². The van der Waals surface area contributed by atoms with Gasteiger partial charge in [0.1, 0.15) is 0 Å². The molecule has 0 bridgehead atoms. The van der Waals surface area contributed by atoms with Crippen LogP contribution in [0.15, 0.2) is 164 Å². The van der Waals surface area contributed by atoms with E-state index in [-0.39, 0.29) is 0 Å². The lowest BCUT2D eigenvalue weighted by atomic mass is 9.93. The van der Waals surface area contributed by atoms with Crippen LogP contribution in [0.5, 0.6) is 0 Å². The lowest BCUT2D eigenvalue weighted by Crippen LogP contribution is -2.00. The van der Waals surface area contributed by atoms with Crippen LogP contribution in [0.3, 0.4) is 0 Å². The summed E-state index contributed by atoms with van der Waals surface area (Å²) in [6.45, 7) is 0. The standard InChI is InChI=1S/C46H29N3/c1-2-10-30(11-3-1)44-47-45(31-20-18-29(19-21-31)32-22-23-34-26-33-12-4-5-13-36(33)42(34)27-32)49-46(48-44)35-24-25-41-39-16-7-6-14-37(39)38-15-8-9-17-40(38)43(41)28-35/h1-25,27-28H,26H2. The van der Waals surface area contributed by atoms with Gasteiger partial charge in [-0.2, -0.15) is 0 Å². The molecule has 0 fully saturated rings. The van der Waals surface area contributed by atoms with Gasteiger partial charge < -0.3 is 0 Å². The minimum atomic E-state index is 0.654. The van der Waals surface area contributed by atoms with Crippen molar-refractivity contribution in [3.63, 3.8) is 0 Å². The Hall–Kier alpha value is -6.45. The third-order valence-corrected chi connectivity index (χ3v) is 9.94. The Bertz CT molecular complexity index is 2690. The van der Waals surface area contributed by atoms with Gasteiger partial charge in [-0.05, 0) is 84.3 Å². The number of hydrogen-bond acceptors (Lipinski definition) is 3. The molecule has 0 amide bonds. The van der Waals surface area contributed by atoms with Crippen molar-refractivity contribution < 1.29 is 0 Å². The van der Waals surface area contributed by atoms with E-state index in [2.05, 4.69) is 146 Å². The van der Waals surface area contributed by atoms with E-state index < -0.39 is 0 Å². The summed E-state index contributed by atoms with van der Waals surface area (Å²) in [5, 5.41) is 7.40. The summed E-state index contributed by atoms with van der Waals surface area (Å²) in [4.78, 5) is 15.1. The van der Waals surface area contributed by atoms with E-state index in [0.717, 1.165) is 23.1 Å². The first kappa shape index (κ1) is 27.6. The van der Waals surface area contributed by atoms with Gasteiger partial charge in [0, 0.05) is 16.7 Å². The van der Waals surface area contributed by atoms with Crippen LogP contribution >= 0.6 is 0 Å². The third-order valence-electron chi connectivity index (χ3n) is 9.94. The Kier molecular flexibility index (Phi) is 6.25. The Balaban J connectivity index is 1.09. The number of nitrogens with zero attached hydrogens (tertiary/aromatic N) is 3. The predicted octanol–water partition coefficient (Wildman–Crippen LogP) is 11.6. The van der Waals surface area contributed by atoms with Crippen molar-refractivity contribution in [3.05, 3.63) is 175 Å². The summed E-state index contributed by atoms with van der Waals surface area (Å²) in [7, 11) is 0. The fraction of sp³-hybridized carbons (Fsp3) is 0.0217. The molecule has 0 saturated carbocycles. The van der Waals surface area contributed by atoms with E-state index >= 15 is 0 Å². The number of rotatable bonds is 4. The average molecular weight is 624 g/mol. The summed E-state index contributed by atoms with van der Waals surface area (Å²) >= 11 is 0. The van der Waals surface area contributed by atoms with Crippen molar-refractivity contribution in [2.75, 3.05) is 0 Å². The molecular weight excluding hydrogens is 595 g/mol. The van der Waals surface area contributed by atoms with Crippen LogP contribution in [0.25, 0.3) is 88.7 Å². The molecule has 3 nitrogen and oxygen atoms in total. The van der Waals surface area contributed by atoms with Crippen LogP contribution in [0.1, 0.15) is 11.1 Å². The van der Waals surface area contributed by atoms with Gasteiger partial charge in [-0.25, -0.2) is 15.0 Å². The molecule has 8 aromatic carbocycles. The maximum atomic E-state index is 5.10. The van der Waals surface area contributed by atoms with E-state index in [0.29, 0.717) is 17.5 Å². The van der Waals surface area contributed by atoms with Gasteiger partial charge >= 0.3 is 0 Å². The molecular formula is C46H29N3. The van der Waals surface area contributed by atoms with Crippen molar-refractivity contribution >= 4 is 32.3 Å². The van der Waals surface area contributed by atoms with Crippen molar-refractivity contribution in [1.82, 2.24) is 15.0 Å². The molecule has 0 unspecified atom stereocenters. The quantitative estimate of drug-likeness (QED) is 0.183. The Morgan fingerprint density at radius 3 is 1.45 bits per heavy atom. The Morgan fingerprint density at radius 1 is 0.286 bits per heavy atom. The first-order chi connectivity index (χ1) is 24.3. The zero-order valence-electron chi connectivity index (χ0n) is 26.6. The van der Waals surface area contributed by atoms with E-state index in [1.54, 1.807) is 0 Å². The van der Waals surface area contributed by atoms with Gasteiger partial charge in [0.05, 0.1) is 0 Å². The van der Waals surface area contributed by atoms with Gasteiger partial charge in [0.25, 0.3) is 0 Å². The highest BCUT2D eigenvalue weighted by molar-refractivity contribution is 6.25. The van der Waals surface area contributed by atoms with Crippen LogP contribution in [0.2, 0.25) is 0 Å². The molecule has 1 aliphatic rings. The Labute approximate surface area is 284 Å². The van der Waals surface area contributed by atoms with E-state index in [9.17, 15) is 0 Å². The van der Waals surface area contributed by atoms with E-state index in [1.807, 2.05) is 18.2 Å². The molecule has 1 aliphatic carbocycles. The van der Waals surface area contributed by atoms with Gasteiger partial charge in [-0.15, -0.1) is 0 Å². The molecule has 0 saturated heterocycles. The molecule has 1 heterocycles. The molecule has 0 N–H and O–H groups in total. The highest BCUT2D eigenvalue weighted by Gasteiger charge is 2.19. The highest BCUT2D eigenvalue weighted by Crippen LogP contribution is 2.40. The third kappa shape index (κ3) is 4.62. The average Bonchev–Trinajstić information content (AvgIpc) is 3.56. The molecule has 0 radical (unpaired) electrons. The zero-order valence-corrected chi connectivity index (χ0v) is 26.6. The second-order valence-corrected chi connectivity index (χ2v) is 12.8. The van der Waals surface area contributed by atoms with Crippen LogP contribution in [0.4, 0.5) is 0 Å². The predicted molar refractivity (Wildman–Crippen MR) is 202 cm³/mol. The molecule has 0 aliphatic heterocycles. The largest absolute Gasteiger partial charge is 0.208 e. The van der Waals surface area contributed by atoms with Crippen molar-refractivity contribution in [2.45, 2.75) is 6.42 Å². The number of hydrogen-bond donors (Lipinski definition) is 0. The Morgan fingerprint density at radius 2 is 0.755 bits per heavy atom. The smallest absolute Gasteiger partial charge is 0.164 e. The zero-order chi connectivity index (χ0) is 32.3. The minimum Gasteiger partial charge on any atom is -0.208 e. The van der Waals surface area contributed by atoms with Gasteiger partial charge in [0.15, 0.2) is 17.5 Å². The lowest BCUT2D eigenvalue weighted by Gasteiger charge is -2.13. The maximum absolute atomic E-state index is 5.10. The van der Waals surface area contributed by atoms with Gasteiger partial charge in [0.2, 0.25) is 0 Å². The second kappa shape index (κ2) is 11.1. The van der Waals surface area contributed by atoms with Crippen molar-refractivity contribution in [3.8, 4) is 56.4 Å². The molecule has 10 rings (SSSR count). The summed E-state index contributed by atoms with van der Waals surface area (Å²) in [6, 6.07) is 58.3. The molecule has 3 heteroatoms. The maximum Gasteiger partial charge on any atom is 0.164 e. The number of fused-ring (bicyclic) bond motifs is 9. The van der Waals surface area contributed by atoms with Crippen LogP contribution in [-0.4, -0.2) is 15.0 Å². The highest BCUT2D eigenvalue weighted by atomic mass is 15.0. The lowest BCUT2D eigenvalue weighted by molar-refractivity contribution is 1.07. The summed E-state index contributed by atoms with van der Waals surface area (Å²) in [6.07, 6.45) is 1.00. The monoisotopic (exact) mass is 623 g/mol. The molecule has 1 aromatic heterocycles. The van der Waals surface area contributed by atoms with Crippen LogP contribution in [-0.2, 0) is 6.42 Å². The minimum absolute atomic E-state index is 0.654. The second-order valence-electron chi connectivity index (χ2n) is 12.8. The summed E-state index contributed by atoms with van der Waals surface area (Å²) < 4.78 is 0. The molecule has 0 atom stereocenters. The van der Waals surface area contributed by atoms with E-state index in [1.165, 1.54) is 65.7 Å². The first-order valence-corrected chi connectivity index (χ1v) is 16.7. The SMILES string of the molecule is c1ccc(-c2nc(-c3ccc(-c4ccc5c(c4)-c4ccccc4C5)cc3)nc(-c3ccc4c5ccccc5c5ccccc5c4c3)n2)cc1. The molecule has 228 valence electrons. The fourth-order valence-corrected chi connectivity index (χ4v) is 7.51. The van der Waals surface area contributed by atoms with Gasteiger partial charge in [-0.1, -0.05) is 152 Å². The van der Waals surface area contributed by atoms with E-state index in [4.69, 9.17) is 15.0 Å². The summed E-state index contributed by atoms with van der Waals surface area (Å²) in [5.74, 6) is 1.97. The first-order valence-electron chi connectivity index (χ1n) is 16.7. The van der Waals surface area contributed by atoms with Crippen LogP contribution in [0, 0.1) is 0 Å². The molecule has 49 heavy (non-hydrogen) atoms.